The third-order valence-corrected chi connectivity index (χ3v) is 5.97. The summed E-state index contributed by atoms with van der Waals surface area (Å²) in [6, 6.07) is 14.7. The lowest BCUT2D eigenvalue weighted by atomic mass is 9.94. The minimum Gasteiger partial charge on any atom is -0.444 e. The first-order valence-electron chi connectivity index (χ1n) is 13.0. The second-order valence-electron chi connectivity index (χ2n) is 10.8. The molecule has 0 saturated heterocycles. The van der Waals surface area contributed by atoms with E-state index in [2.05, 4.69) is 45.6 Å². The number of nitrogens with two attached hydrogens (primary N) is 2. The fourth-order valence-corrected chi connectivity index (χ4v) is 4.42. The van der Waals surface area contributed by atoms with E-state index in [1.54, 1.807) is 0 Å². The Hall–Kier alpha value is -3.61. The highest BCUT2D eigenvalue weighted by atomic mass is 16.6. The number of hydrogen-bond acceptors (Lipinski definition) is 6. The summed E-state index contributed by atoms with van der Waals surface area (Å²) in [6.07, 6.45) is 4.72. The van der Waals surface area contributed by atoms with Crippen LogP contribution in [0.2, 0.25) is 0 Å². The Morgan fingerprint density at radius 1 is 0.811 bits per heavy atom. The summed E-state index contributed by atoms with van der Waals surface area (Å²) in [5.41, 5.74) is 19.5. The Morgan fingerprint density at radius 2 is 1.41 bits per heavy atom. The van der Waals surface area contributed by atoms with Crippen LogP contribution in [-0.2, 0) is 36.8 Å². The normalized spacial score (nSPS) is 11.4. The van der Waals surface area contributed by atoms with Gasteiger partial charge in [0.1, 0.15) is 17.2 Å². The second-order valence-corrected chi connectivity index (χ2v) is 10.8. The van der Waals surface area contributed by atoms with Crippen molar-refractivity contribution in [3.63, 3.8) is 0 Å². The maximum atomic E-state index is 12.0. The van der Waals surface area contributed by atoms with Crippen LogP contribution >= 0.6 is 0 Å². The molecule has 0 fully saturated rings. The van der Waals surface area contributed by atoms with E-state index in [0.29, 0.717) is 18.2 Å². The number of anilines is 2. The number of alkyl carbamates (subject to hydrolysis) is 1. The molecule has 0 atom stereocenters. The average molecular weight is 504 g/mol. The number of rotatable bonds is 10. The first kappa shape index (κ1) is 28.0. The molecule has 198 valence electrons. The Balaban J connectivity index is 1.69. The van der Waals surface area contributed by atoms with Crippen molar-refractivity contribution >= 4 is 17.7 Å². The standard InChI is InChI=1S/C30H41N5O2/c1-20-15-25(34-27(31)17-20)12-9-22-8-10-23(7-6-14-33-29(36)37-30(3,4)5)24(19-22)11-13-26-16-21(2)18-28(32)35-26/h8,10,15-19H,6-7,9,11-14H2,1-5H3,(H2,31,34)(H2,32,35)(H,33,36). The van der Waals surface area contributed by atoms with Gasteiger partial charge in [-0.2, -0.15) is 0 Å². The minimum atomic E-state index is -0.500. The molecule has 0 saturated carbocycles. The fraction of sp³-hybridized carbons (Fsp3) is 0.433. The van der Waals surface area contributed by atoms with Gasteiger partial charge in [-0.3, -0.25) is 0 Å². The number of carbonyl (C=O) groups excluding carboxylic acids is 1. The molecule has 3 aromatic rings. The van der Waals surface area contributed by atoms with Crippen molar-refractivity contribution in [1.82, 2.24) is 15.3 Å². The number of amides is 1. The molecule has 0 radical (unpaired) electrons. The van der Waals surface area contributed by atoms with Crippen molar-refractivity contribution in [2.24, 2.45) is 0 Å². The van der Waals surface area contributed by atoms with Crippen molar-refractivity contribution in [3.8, 4) is 0 Å². The fourth-order valence-electron chi connectivity index (χ4n) is 4.42. The van der Waals surface area contributed by atoms with Gasteiger partial charge in [-0.1, -0.05) is 18.2 Å². The molecule has 0 aliphatic heterocycles. The van der Waals surface area contributed by atoms with Gasteiger partial charge in [0, 0.05) is 17.9 Å². The molecule has 3 rings (SSSR count). The number of aryl methyl sites for hydroxylation is 7. The van der Waals surface area contributed by atoms with E-state index in [0.717, 1.165) is 61.0 Å². The zero-order valence-corrected chi connectivity index (χ0v) is 22.9. The highest BCUT2D eigenvalue weighted by Gasteiger charge is 2.15. The van der Waals surface area contributed by atoms with Crippen molar-refractivity contribution in [2.75, 3.05) is 18.0 Å². The number of carbonyl (C=O) groups is 1. The number of nitrogens with one attached hydrogen (secondary N) is 1. The Morgan fingerprint density at radius 3 is 1.97 bits per heavy atom. The van der Waals surface area contributed by atoms with Crippen molar-refractivity contribution in [1.29, 1.82) is 0 Å². The van der Waals surface area contributed by atoms with E-state index in [1.165, 1.54) is 16.7 Å². The molecule has 2 aromatic heterocycles. The molecule has 0 aliphatic carbocycles. The second kappa shape index (κ2) is 12.6. The molecular formula is C30H41N5O2. The SMILES string of the molecule is Cc1cc(N)nc(CCc2ccc(CCCNC(=O)OC(C)(C)C)c(CCc3cc(C)cc(N)n3)c2)c1. The summed E-state index contributed by atoms with van der Waals surface area (Å²) in [5.74, 6) is 1.12. The van der Waals surface area contributed by atoms with Crippen LogP contribution in [0.5, 0.6) is 0 Å². The number of pyridine rings is 2. The third-order valence-electron chi connectivity index (χ3n) is 5.97. The Labute approximate surface area is 221 Å². The summed E-state index contributed by atoms with van der Waals surface area (Å²) in [7, 11) is 0. The summed E-state index contributed by atoms with van der Waals surface area (Å²) in [5, 5.41) is 2.86. The van der Waals surface area contributed by atoms with E-state index in [1.807, 2.05) is 46.8 Å². The van der Waals surface area contributed by atoms with E-state index in [9.17, 15) is 4.79 Å². The third kappa shape index (κ3) is 9.75. The predicted octanol–water partition coefficient (Wildman–Crippen LogP) is 5.29. The van der Waals surface area contributed by atoms with Crippen molar-refractivity contribution in [3.05, 3.63) is 81.7 Å². The largest absolute Gasteiger partial charge is 0.444 e. The predicted molar refractivity (Wildman–Crippen MR) is 151 cm³/mol. The average Bonchev–Trinajstić information content (AvgIpc) is 2.77. The monoisotopic (exact) mass is 503 g/mol. The van der Waals surface area contributed by atoms with Crippen LogP contribution in [-0.4, -0.2) is 28.2 Å². The van der Waals surface area contributed by atoms with Crippen molar-refractivity contribution < 1.29 is 9.53 Å². The Kier molecular flexibility index (Phi) is 9.50. The number of aromatic nitrogens is 2. The summed E-state index contributed by atoms with van der Waals surface area (Å²) < 4.78 is 5.33. The van der Waals surface area contributed by atoms with Gasteiger partial charge < -0.3 is 21.5 Å². The van der Waals surface area contributed by atoms with Crippen LogP contribution in [0.1, 0.15) is 66.4 Å². The summed E-state index contributed by atoms with van der Waals surface area (Å²) >= 11 is 0. The molecule has 0 bridgehead atoms. The van der Waals surface area contributed by atoms with E-state index in [4.69, 9.17) is 16.2 Å². The molecule has 2 heterocycles. The Bertz CT molecular complexity index is 1180. The zero-order chi connectivity index (χ0) is 27.0. The lowest BCUT2D eigenvalue weighted by Crippen LogP contribution is -2.33. The topological polar surface area (TPSA) is 116 Å². The molecule has 5 N–H and O–H groups in total. The number of benzene rings is 1. The highest BCUT2D eigenvalue weighted by Crippen LogP contribution is 2.19. The molecule has 1 aromatic carbocycles. The number of hydrogen-bond donors (Lipinski definition) is 3. The van der Waals surface area contributed by atoms with E-state index in [-0.39, 0.29) is 6.09 Å². The molecular weight excluding hydrogens is 462 g/mol. The van der Waals surface area contributed by atoms with Crippen molar-refractivity contribution in [2.45, 2.75) is 78.7 Å². The lowest BCUT2D eigenvalue weighted by Gasteiger charge is -2.19. The number of ether oxygens (including phenoxy) is 1. The van der Waals surface area contributed by atoms with Gasteiger partial charge in [-0.25, -0.2) is 14.8 Å². The van der Waals surface area contributed by atoms with Crippen LogP contribution < -0.4 is 16.8 Å². The molecule has 7 heteroatoms. The maximum absolute atomic E-state index is 12.0. The van der Waals surface area contributed by atoms with Crippen LogP contribution in [0.15, 0.2) is 42.5 Å². The van der Waals surface area contributed by atoms with Gasteiger partial charge in [-0.15, -0.1) is 0 Å². The smallest absolute Gasteiger partial charge is 0.407 e. The molecule has 37 heavy (non-hydrogen) atoms. The van der Waals surface area contributed by atoms with Gasteiger partial charge in [-0.05, 0) is 125 Å². The van der Waals surface area contributed by atoms with Crippen LogP contribution in [0.3, 0.4) is 0 Å². The minimum absolute atomic E-state index is 0.378. The van der Waals surface area contributed by atoms with Gasteiger partial charge >= 0.3 is 6.09 Å². The van der Waals surface area contributed by atoms with Gasteiger partial charge in [0.25, 0.3) is 0 Å². The molecule has 0 aliphatic rings. The highest BCUT2D eigenvalue weighted by molar-refractivity contribution is 5.67. The summed E-state index contributed by atoms with van der Waals surface area (Å²) in [4.78, 5) is 21.0. The molecule has 1 amide bonds. The number of nitrogens with zero attached hydrogens (tertiary/aromatic N) is 2. The lowest BCUT2D eigenvalue weighted by molar-refractivity contribution is 0.0527. The van der Waals surface area contributed by atoms with Crippen LogP contribution in [0.4, 0.5) is 16.4 Å². The van der Waals surface area contributed by atoms with Gasteiger partial charge in [0.05, 0.1) is 0 Å². The van der Waals surface area contributed by atoms with Crippen LogP contribution in [0.25, 0.3) is 0 Å². The molecule has 7 nitrogen and oxygen atoms in total. The molecule has 0 unspecified atom stereocenters. The van der Waals surface area contributed by atoms with E-state index < -0.39 is 5.60 Å². The summed E-state index contributed by atoms with van der Waals surface area (Å²) in [6.45, 7) is 10.2. The first-order chi connectivity index (χ1) is 17.5. The first-order valence-corrected chi connectivity index (χ1v) is 13.0. The van der Waals surface area contributed by atoms with Gasteiger partial charge in [0.15, 0.2) is 0 Å². The van der Waals surface area contributed by atoms with Gasteiger partial charge in [0.2, 0.25) is 0 Å². The maximum Gasteiger partial charge on any atom is 0.407 e. The number of nitrogen functional groups attached to an aromatic ring is 2. The van der Waals surface area contributed by atoms with E-state index >= 15 is 0 Å². The quantitative estimate of drug-likeness (QED) is 0.324. The zero-order valence-electron chi connectivity index (χ0n) is 22.9. The molecule has 0 spiro atoms. The van der Waals surface area contributed by atoms with Crippen LogP contribution in [0, 0.1) is 13.8 Å².